The predicted molar refractivity (Wildman–Crippen MR) is 81.4 cm³/mol. The lowest BCUT2D eigenvalue weighted by atomic mass is 9.96. The zero-order valence-corrected chi connectivity index (χ0v) is 13.2. The minimum Gasteiger partial charge on any atom is -0.466 e. The summed E-state index contributed by atoms with van der Waals surface area (Å²) < 4.78 is 5.03. The van der Waals surface area contributed by atoms with Crippen LogP contribution in [-0.2, 0) is 9.53 Å². The van der Waals surface area contributed by atoms with Crippen molar-refractivity contribution in [3.63, 3.8) is 0 Å². The standard InChI is InChI=1S/C16H20ClNO3/c1-3-21-16(20)12-6-8-18(9-7-12)15(19)13-5-4-11(2)10-14(13)17/h4-5,10,12H,3,6-9H2,1-2H3. The van der Waals surface area contributed by atoms with Gasteiger partial charge in [-0.1, -0.05) is 17.7 Å². The number of hydrogen-bond acceptors (Lipinski definition) is 3. The van der Waals surface area contributed by atoms with Gasteiger partial charge in [0, 0.05) is 13.1 Å². The van der Waals surface area contributed by atoms with Gasteiger partial charge in [-0.05, 0) is 44.4 Å². The molecule has 2 rings (SSSR count). The Morgan fingerprint density at radius 2 is 2.00 bits per heavy atom. The maximum Gasteiger partial charge on any atom is 0.309 e. The normalized spacial score (nSPS) is 15.9. The first kappa shape index (κ1) is 15.8. The van der Waals surface area contributed by atoms with Crippen molar-refractivity contribution < 1.29 is 14.3 Å². The summed E-state index contributed by atoms with van der Waals surface area (Å²) in [6.07, 6.45) is 1.29. The lowest BCUT2D eigenvalue weighted by Gasteiger charge is -2.31. The number of rotatable bonds is 3. The van der Waals surface area contributed by atoms with E-state index in [4.69, 9.17) is 16.3 Å². The summed E-state index contributed by atoms with van der Waals surface area (Å²) >= 11 is 6.14. The molecular formula is C16H20ClNO3. The second-order valence-electron chi connectivity index (χ2n) is 5.30. The Kier molecular flexibility index (Phi) is 5.23. The van der Waals surface area contributed by atoms with E-state index in [2.05, 4.69) is 0 Å². The van der Waals surface area contributed by atoms with Crippen molar-refractivity contribution >= 4 is 23.5 Å². The summed E-state index contributed by atoms with van der Waals surface area (Å²) in [6.45, 7) is 5.26. The Bertz CT molecular complexity index is 536. The molecule has 4 nitrogen and oxygen atoms in total. The molecule has 1 aliphatic rings. The van der Waals surface area contributed by atoms with E-state index in [0.29, 0.717) is 43.1 Å². The van der Waals surface area contributed by atoms with Gasteiger partial charge in [0.1, 0.15) is 0 Å². The molecule has 114 valence electrons. The minimum absolute atomic E-state index is 0.0673. The Morgan fingerprint density at radius 3 is 2.57 bits per heavy atom. The average molecular weight is 310 g/mol. The van der Waals surface area contributed by atoms with E-state index < -0.39 is 0 Å². The number of amides is 1. The fourth-order valence-electron chi connectivity index (χ4n) is 2.54. The molecule has 1 heterocycles. The summed E-state index contributed by atoms with van der Waals surface area (Å²) in [4.78, 5) is 25.9. The molecule has 0 aliphatic carbocycles. The number of ether oxygens (including phenoxy) is 1. The van der Waals surface area contributed by atoms with Crippen LogP contribution < -0.4 is 0 Å². The molecule has 1 aromatic carbocycles. The molecule has 0 atom stereocenters. The van der Waals surface area contributed by atoms with Crippen LogP contribution in [0.1, 0.15) is 35.7 Å². The van der Waals surface area contributed by atoms with Gasteiger partial charge in [-0.3, -0.25) is 9.59 Å². The third-order valence-electron chi connectivity index (χ3n) is 3.76. The van der Waals surface area contributed by atoms with Crippen molar-refractivity contribution in [2.24, 2.45) is 5.92 Å². The maximum absolute atomic E-state index is 12.5. The summed E-state index contributed by atoms with van der Waals surface area (Å²) in [5.41, 5.74) is 1.55. The van der Waals surface area contributed by atoms with Crippen LogP contribution in [0, 0.1) is 12.8 Å². The van der Waals surface area contributed by atoms with Gasteiger partial charge in [0.15, 0.2) is 0 Å². The van der Waals surface area contributed by atoms with Crippen LogP contribution in [0.3, 0.4) is 0 Å². The van der Waals surface area contributed by atoms with Crippen molar-refractivity contribution in [2.45, 2.75) is 26.7 Å². The average Bonchev–Trinajstić information content (AvgIpc) is 2.47. The Labute approximate surface area is 130 Å². The second kappa shape index (κ2) is 6.94. The Hall–Kier alpha value is -1.55. The zero-order valence-electron chi connectivity index (χ0n) is 12.4. The number of likely N-dealkylation sites (tertiary alicyclic amines) is 1. The number of hydrogen-bond donors (Lipinski definition) is 0. The van der Waals surface area contributed by atoms with Crippen molar-refractivity contribution in [2.75, 3.05) is 19.7 Å². The first-order valence-electron chi connectivity index (χ1n) is 7.25. The van der Waals surface area contributed by atoms with Gasteiger partial charge < -0.3 is 9.64 Å². The quantitative estimate of drug-likeness (QED) is 0.806. The lowest BCUT2D eigenvalue weighted by Crippen LogP contribution is -2.40. The van der Waals surface area contributed by atoms with Crippen LogP contribution in [0.4, 0.5) is 0 Å². The maximum atomic E-state index is 12.5. The molecule has 0 unspecified atom stereocenters. The number of esters is 1. The van der Waals surface area contributed by atoms with Gasteiger partial charge in [-0.2, -0.15) is 0 Å². The first-order chi connectivity index (χ1) is 10.0. The molecular weight excluding hydrogens is 290 g/mol. The largest absolute Gasteiger partial charge is 0.466 e. The third-order valence-corrected chi connectivity index (χ3v) is 4.07. The molecule has 1 amide bonds. The highest BCUT2D eigenvalue weighted by atomic mass is 35.5. The van der Waals surface area contributed by atoms with Crippen molar-refractivity contribution in [3.05, 3.63) is 34.3 Å². The second-order valence-corrected chi connectivity index (χ2v) is 5.71. The molecule has 5 heteroatoms. The summed E-state index contributed by atoms with van der Waals surface area (Å²) in [5.74, 6) is -0.317. The van der Waals surface area contributed by atoms with Crippen LogP contribution >= 0.6 is 11.6 Å². The Morgan fingerprint density at radius 1 is 1.33 bits per heavy atom. The third kappa shape index (κ3) is 3.76. The number of nitrogens with zero attached hydrogens (tertiary/aromatic N) is 1. The SMILES string of the molecule is CCOC(=O)C1CCN(C(=O)c2ccc(C)cc2Cl)CC1. The molecule has 0 radical (unpaired) electrons. The number of benzene rings is 1. The summed E-state index contributed by atoms with van der Waals surface area (Å²) in [6, 6.07) is 5.43. The van der Waals surface area contributed by atoms with Gasteiger partial charge >= 0.3 is 5.97 Å². The molecule has 1 aliphatic heterocycles. The molecule has 0 N–H and O–H groups in total. The van der Waals surface area contributed by atoms with Crippen molar-refractivity contribution in [3.8, 4) is 0 Å². The van der Waals surface area contributed by atoms with Gasteiger partial charge in [-0.25, -0.2) is 0 Å². The fraction of sp³-hybridized carbons (Fsp3) is 0.500. The van der Waals surface area contributed by atoms with E-state index in [1.165, 1.54) is 0 Å². The molecule has 0 saturated carbocycles. The smallest absolute Gasteiger partial charge is 0.309 e. The zero-order chi connectivity index (χ0) is 15.4. The molecule has 0 aromatic heterocycles. The first-order valence-corrected chi connectivity index (χ1v) is 7.62. The van der Waals surface area contributed by atoms with E-state index in [-0.39, 0.29) is 17.8 Å². The number of carbonyl (C=O) groups excluding carboxylic acids is 2. The van der Waals surface area contributed by atoms with Gasteiger partial charge in [0.25, 0.3) is 5.91 Å². The fourth-order valence-corrected chi connectivity index (χ4v) is 2.86. The number of piperidine rings is 1. The van der Waals surface area contributed by atoms with Crippen LogP contribution in [0.2, 0.25) is 5.02 Å². The lowest BCUT2D eigenvalue weighted by molar-refractivity contribution is -0.149. The number of aryl methyl sites for hydroxylation is 1. The van der Waals surface area contributed by atoms with Crippen LogP contribution in [0.25, 0.3) is 0 Å². The van der Waals surface area contributed by atoms with Gasteiger partial charge in [0.2, 0.25) is 0 Å². The van der Waals surface area contributed by atoms with Crippen LogP contribution in [-0.4, -0.2) is 36.5 Å². The molecule has 1 aromatic rings. The topological polar surface area (TPSA) is 46.6 Å². The van der Waals surface area contributed by atoms with Crippen LogP contribution in [0.5, 0.6) is 0 Å². The molecule has 21 heavy (non-hydrogen) atoms. The highest BCUT2D eigenvalue weighted by Gasteiger charge is 2.29. The van der Waals surface area contributed by atoms with Crippen molar-refractivity contribution in [1.29, 1.82) is 0 Å². The van der Waals surface area contributed by atoms with Gasteiger partial charge in [0.05, 0.1) is 23.1 Å². The van der Waals surface area contributed by atoms with E-state index in [1.54, 1.807) is 24.0 Å². The molecule has 1 fully saturated rings. The highest BCUT2D eigenvalue weighted by molar-refractivity contribution is 6.33. The number of halogens is 1. The monoisotopic (exact) mass is 309 g/mol. The predicted octanol–water partition coefficient (Wildman–Crippen LogP) is 3.06. The number of carbonyl (C=O) groups is 2. The van der Waals surface area contributed by atoms with E-state index in [9.17, 15) is 9.59 Å². The molecule has 0 spiro atoms. The minimum atomic E-state index is -0.155. The summed E-state index contributed by atoms with van der Waals surface area (Å²) in [7, 11) is 0. The van der Waals surface area contributed by atoms with E-state index >= 15 is 0 Å². The Balaban J connectivity index is 1.98. The van der Waals surface area contributed by atoms with Crippen molar-refractivity contribution in [1.82, 2.24) is 4.90 Å². The molecule has 1 saturated heterocycles. The summed E-state index contributed by atoms with van der Waals surface area (Å²) in [5, 5.41) is 0.479. The van der Waals surface area contributed by atoms with E-state index in [0.717, 1.165) is 5.56 Å². The van der Waals surface area contributed by atoms with Crippen LogP contribution in [0.15, 0.2) is 18.2 Å². The molecule has 0 bridgehead atoms. The van der Waals surface area contributed by atoms with E-state index in [1.807, 2.05) is 13.0 Å². The highest BCUT2D eigenvalue weighted by Crippen LogP contribution is 2.24. The van der Waals surface area contributed by atoms with Gasteiger partial charge in [-0.15, -0.1) is 0 Å².